The summed E-state index contributed by atoms with van der Waals surface area (Å²) in [6, 6.07) is 11.8. The van der Waals surface area contributed by atoms with E-state index in [-0.39, 0.29) is 6.03 Å². The minimum Gasteiger partial charge on any atom is -0.322 e. The second-order valence-electron chi connectivity index (χ2n) is 7.36. The molecule has 1 unspecified atom stereocenters. The summed E-state index contributed by atoms with van der Waals surface area (Å²) in [6.45, 7) is 3.88. The standard InChI is InChI=1S/C22H21F3N2O/c1-4-21(2,3)26-20(28)27-14-13-15-7-5-6-8-18(15)19(27)16-9-11-17(12-10-16)22(23,24)25/h1,5-12,19H,13-14H2,2-3H3,(H,26,28). The Kier molecular flexibility index (Phi) is 5.12. The number of carbonyl (C=O) groups excluding carboxylic acids is 1. The van der Waals surface area contributed by atoms with Crippen molar-refractivity contribution in [2.45, 2.75) is 38.0 Å². The van der Waals surface area contributed by atoms with Gasteiger partial charge in [-0.25, -0.2) is 4.79 Å². The zero-order valence-electron chi connectivity index (χ0n) is 15.7. The molecule has 0 fully saturated rings. The minimum absolute atomic E-state index is 0.345. The van der Waals surface area contributed by atoms with Gasteiger partial charge in [-0.2, -0.15) is 13.2 Å². The van der Waals surface area contributed by atoms with Gasteiger partial charge in [-0.15, -0.1) is 6.42 Å². The number of benzene rings is 2. The van der Waals surface area contributed by atoms with Gasteiger partial charge in [0.2, 0.25) is 0 Å². The van der Waals surface area contributed by atoms with Crippen molar-refractivity contribution < 1.29 is 18.0 Å². The summed E-state index contributed by atoms with van der Waals surface area (Å²) in [6.07, 6.45) is 1.73. The van der Waals surface area contributed by atoms with E-state index in [2.05, 4.69) is 11.2 Å². The van der Waals surface area contributed by atoms with Gasteiger partial charge in [0.1, 0.15) is 0 Å². The topological polar surface area (TPSA) is 32.3 Å². The maximum atomic E-state index is 12.9. The van der Waals surface area contributed by atoms with Gasteiger partial charge in [0.25, 0.3) is 0 Å². The van der Waals surface area contributed by atoms with Crippen LogP contribution >= 0.6 is 0 Å². The number of nitrogens with zero attached hydrogens (tertiary/aromatic N) is 1. The van der Waals surface area contributed by atoms with E-state index in [0.29, 0.717) is 18.5 Å². The summed E-state index contributed by atoms with van der Waals surface area (Å²) < 4.78 is 38.8. The molecule has 0 aromatic heterocycles. The molecule has 2 amide bonds. The van der Waals surface area contributed by atoms with E-state index in [1.807, 2.05) is 24.3 Å². The minimum atomic E-state index is -4.41. The van der Waals surface area contributed by atoms with Crippen molar-refractivity contribution >= 4 is 6.03 Å². The predicted octanol–water partition coefficient (Wildman–Crippen LogP) is 4.77. The van der Waals surface area contributed by atoms with Gasteiger partial charge in [0.05, 0.1) is 17.1 Å². The summed E-state index contributed by atoms with van der Waals surface area (Å²) >= 11 is 0. The number of alkyl halides is 3. The van der Waals surface area contributed by atoms with Gasteiger partial charge < -0.3 is 10.2 Å². The number of amides is 2. The summed E-state index contributed by atoms with van der Waals surface area (Å²) in [7, 11) is 0. The van der Waals surface area contributed by atoms with Crippen LogP contribution in [0.4, 0.5) is 18.0 Å². The van der Waals surface area contributed by atoms with Gasteiger partial charge in [0, 0.05) is 6.54 Å². The molecule has 2 aromatic rings. The molecule has 146 valence electrons. The fourth-order valence-corrected chi connectivity index (χ4v) is 3.37. The van der Waals surface area contributed by atoms with Crippen molar-refractivity contribution in [3.8, 4) is 12.3 Å². The van der Waals surface area contributed by atoms with E-state index >= 15 is 0 Å². The second-order valence-corrected chi connectivity index (χ2v) is 7.36. The molecular formula is C22H21F3N2O. The van der Waals surface area contributed by atoms with Gasteiger partial charge in [-0.1, -0.05) is 42.3 Å². The number of fused-ring (bicyclic) bond motifs is 1. The molecule has 3 rings (SSSR count). The third-order valence-electron chi connectivity index (χ3n) is 4.88. The fourth-order valence-electron chi connectivity index (χ4n) is 3.37. The van der Waals surface area contributed by atoms with Gasteiger partial charge >= 0.3 is 12.2 Å². The summed E-state index contributed by atoms with van der Waals surface area (Å²) in [5, 5.41) is 2.81. The molecule has 28 heavy (non-hydrogen) atoms. The Morgan fingerprint density at radius 2 is 1.79 bits per heavy atom. The first-order chi connectivity index (χ1) is 13.1. The smallest absolute Gasteiger partial charge is 0.322 e. The first kappa shape index (κ1) is 19.8. The van der Waals surface area contributed by atoms with Gasteiger partial charge in [0.15, 0.2) is 0 Å². The Hall–Kier alpha value is -2.94. The largest absolute Gasteiger partial charge is 0.416 e. The highest BCUT2D eigenvalue weighted by Gasteiger charge is 2.35. The Balaban J connectivity index is 2.01. The SMILES string of the molecule is C#CC(C)(C)NC(=O)N1CCc2ccccc2C1c1ccc(C(F)(F)F)cc1. The molecule has 1 heterocycles. The Bertz CT molecular complexity index is 911. The van der Waals surface area contributed by atoms with Crippen LogP contribution in [0.3, 0.4) is 0 Å². The third-order valence-corrected chi connectivity index (χ3v) is 4.88. The van der Waals surface area contributed by atoms with Crippen LogP contribution in [0.5, 0.6) is 0 Å². The first-order valence-corrected chi connectivity index (χ1v) is 8.94. The van der Waals surface area contributed by atoms with E-state index in [9.17, 15) is 18.0 Å². The highest BCUT2D eigenvalue weighted by Crippen LogP contribution is 2.37. The lowest BCUT2D eigenvalue weighted by Gasteiger charge is -2.39. The van der Waals surface area contributed by atoms with Crippen LogP contribution in [0.15, 0.2) is 48.5 Å². The maximum absolute atomic E-state index is 12.9. The molecule has 2 aromatic carbocycles. The highest BCUT2D eigenvalue weighted by molar-refractivity contribution is 5.77. The molecule has 1 aliphatic heterocycles. The van der Waals surface area contributed by atoms with Crippen molar-refractivity contribution in [1.29, 1.82) is 0 Å². The average Bonchev–Trinajstić information content (AvgIpc) is 2.66. The average molecular weight is 386 g/mol. The molecule has 1 atom stereocenters. The van der Waals surface area contributed by atoms with E-state index in [1.54, 1.807) is 18.7 Å². The van der Waals surface area contributed by atoms with E-state index in [4.69, 9.17) is 6.42 Å². The number of halogens is 3. The summed E-state index contributed by atoms with van der Waals surface area (Å²) in [4.78, 5) is 14.6. The molecule has 3 nitrogen and oxygen atoms in total. The number of urea groups is 1. The van der Waals surface area contributed by atoms with Crippen LogP contribution in [0.25, 0.3) is 0 Å². The van der Waals surface area contributed by atoms with E-state index in [1.165, 1.54) is 12.1 Å². The Morgan fingerprint density at radius 1 is 1.14 bits per heavy atom. The number of terminal acetylenes is 1. The third kappa shape index (κ3) is 3.99. The van der Waals surface area contributed by atoms with Gasteiger partial charge in [-0.3, -0.25) is 0 Å². The highest BCUT2D eigenvalue weighted by atomic mass is 19.4. The van der Waals surface area contributed by atoms with Crippen LogP contribution in [-0.4, -0.2) is 23.0 Å². The Morgan fingerprint density at radius 3 is 2.39 bits per heavy atom. The fraction of sp³-hybridized carbons (Fsp3) is 0.318. The lowest BCUT2D eigenvalue weighted by molar-refractivity contribution is -0.137. The van der Waals surface area contributed by atoms with Crippen LogP contribution in [-0.2, 0) is 12.6 Å². The zero-order valence-corrected chi connectivity index (χ0v) is 15.7. The molecule has 1 N–H and O–H groups in total. The molecule has 6 heteroatoms. The van der Waals surface area contributed by atoms with E-state index < -0.39 is 23.3 Å². The quantitative estimate of drug-likeness (QED) is 0.741. The summed E-state index contributed by atoms with van der Waals surface area (Å²) in [5.74, 6) is 2.53. The van der Waals surface area contributed by atoms with Crippen molar-refractivity contribution in [1.82, 2.24) is 10.2 Å². The van der Waals surface area contributed by atoms with Crippen LogP contribution < -0.4 is 5.32 Å². The Labute approximate surface area is 162 Å². The molecule has 1 aliphatic rings. The van der Waals surface area contributed by atoms with Crippen LogP contribution in [0.1, 0.15) is 42.1 Å². The lowest BCUT2D eigenvalue weighted by atomic mass is 9.88. The number of rotatable bonds is 2. The van der Waals surface area contributed by atoms with E-state index in [0.717, 1.165) is 23.3 Å². The molecule has 0 spiro atoms. The second kappa shape index (κ2) is 7.23. The monoisotopic (exact) mass is 386 g/mol. The predicted molar refractivity (Wildman–Crippen MR) is 102 cm³/mol. The molecule has 0 aliphatic carbocycles. The molecule has 0 saturated carbocycles. The van der Waals surface area contributed by atoms with Gasteiger partial charge in [-0.05, 0) is 49.1 Å². The summed E-state index contributed by atoms with van der Waals surface area (Å²) in [5.41, 5.74) is 1.05. The molecular weight excluding hydrogens is 365 g/mol. The number of hydrogen-bond acceptors (Lipinski definition) is 1. The first-order valence-electron chi connectivity index (χ1n) is 8.94. The van der Waals surface area contributed by atoms with Crippen LogP contribution in [0.2, 0.25) is 0 Å². The number of nitrogens with one attached hydrogen (secondary N) is 1. The van der Waals surface area contributed by atoms with Crippen molar-refractivity contribution in [3.63, 3.8) is 0 Å². The molecule has 0 saturated heterocycles. The molecule has 0 radical (unpaired) electrons. The molecule has 0 bridgehead atoms. The van der Waals surface area contributed by atoms with Crippen LogP contribution in [0, 0.1) is 12.3 Å². The van der Waals surface area contributed by atoms with Crippen molar-refractivity contribution in [3.05, 3.63) is 70.8 Å². The number of carbonyl (C=O) groups is 1. The lowest BCUT2D eigenvalue weighted by Crippen LogP contribution is -2.52. The normalized spacial score (nSPS) is 16.9. The van der Waals surface area contributed by atoms with Crippen molar-refractivity contribution in [2.75, 3.05) is 6.54 Å². The van der Waals surface area contributed by atoms with Crippen molar-refractivity contribution in [2.24, 2.45) is 0 Å². The number of hydrogen-bond donors (Lipinski definition) is 1. The maximum Gasteiger partial charge on any atom is 0.416 e. The zero-order chi connectivity index (χ0) is 20.5.